The number of nitrogens with one attached hydrogen (secondary N) is 1. The summed E-state index contributed by atoms with van der Waals surface area (Å²) < 4.78 is 6.88. The molecule has 7 heteroatoms. The third-order valence-electron chi connectivity index (χ3n) is 3.39. The highest BCUT2D eigenvalue weighted by molar-refractivity contribution is 5.76. The fourth-order valence-electron chi connectivity index (χ4n) is 2.30. The van der Waals surface area contributed by atoms with E-state index in [9.17, 15) is 15.0 Å². The van der Waals surface area contributed by atoms with E-state index in [4.69, 9.17) is 4.74 Å². The van der Waals surface area contributed by atoms with Crippen molar-refractivity contribution in [1.29, 1.82) is 0 Å². The third-order valence-corrected chi connectivity index (χ3v) is 3.39. The molecule has 0 saturated carbocycles. The van der Waals surface area contributed by atoms with Crippen LogP contribution in [0.2, 0.25) is 0 Å². The van der Waals surface area contributed by atoms with Crippen molar-refractivity contribution in [3.63, 3.8) is 0 Å². The highest BCUT2D eigenvalue weighted by atomic mass is 16.5. The molecule has 0 unspecified atom stereocenters. The fourth-order valence-corrected chi connectivity index (χ4v) is 2.30. The Labute approximate surface area is 117 Å². The molecular formula is C13H21N3O4. The van der Waals surface area contributed by atoms with Crippen LogP contribution in [0.15, 0.2) is 6.07 Å². The summed E-state index contributed by atoms with van der Waals surface area (Å²) in [5.74, 6) is -0.195. The van der Waals surface area contributed by atoms with Crippen molar-refractivity contribution in [2.24, 2.45) is 0 Å². The zero-order chi connectivity index (χ0) is 14.7. The van der Waals surface area contributed by atoms with E-state index in [0.717, 1.165) is 11.4 Å². The quantitative estimate of drug-likeness (QED) is 0.667. The summed E-state index contributed by atoms with van der Waals surface area (Å²) in [6, 6.07) is 1.39. The molecule has 1 fully saturated rings. The van der Waals surface area contributed by atoms with Crippen LogP contribution < -0.4 is 5.32 Å². The van der Waals surface area contributed by atoms with Gasteiger partial charge in [0, 0.05) is 18.7 Å². The molecule has 1 aromatic heterocycles. The van der Waals surface area contributed by atoms with E-state index in [1.54, 1.807) is 4.68 Å². The summed E-state index contributed by atoms with van der Waals surface area (Å²) in [5.41, 5.74) is 1.92. The highest BCUT2D eigenvalue weighted by Crippen LogP contribution is 2.09. The van der Waals surface area contributed by atoms with Crippen molar-refractivity contribution in [1.82, 2.24) is 15.1 Å². The zero-order valence-corrected chi connectivity index (χ0v) is 11.7. The number of ether oxygens (including phenoxy) is 1. The van der Waals surface area contributed by atoms with Crippen molar-refractivity contribution < 1.29 is 19.7 Å². The second kappa shape index (κ2) is 6.34. The van der Waals surface area contributed by atoms with Crippen LogP contribution in [0, 0.1) is 13.8 Å². The molecule has 0 aromatic carbocycles. The van der Waals surface area contributed by atoms with Crippen LogP contribution in [0.3, 0.4) is 0 Å². The molecule has 1 aliphatic rings. The van der Waals surface area contributed by atoms with Crippen LogP contribution in [0.5, 0.6) is 0 Å². The number of nitrogens with zero attached hydrogens (tertiary/aromatic N) is 2. The fraction of sp³-hybridized carbons (Fsp3) is 0.692. The molecule has 0 aliphatic carbocycles. The number of amides is 1. The highest BCUT2D eigenvalue weighted by Gasteiger charge is 2.32. The van der Waals surface area contributed by atoms with Crippen LogP contribution in [0.25, 0.3) is 0 Å². The molecule has 0 radical (unpaired) electrons. The van der Waals surface area contributed by atoms with E-state index in [1.165, 1.54) is 0 Å². The molecule has 1 saturated heterocycles. The van der Waals surface area contributed by atoms with Crippen LogP contribution in [0.4, 0.5) is 0 Å². The number of aliphatic hydroxyl groups excluding tert-OH is 2. The van der Waals surface area contributed by atoms with Gasteiger partial charge in [-0.15, -0.1) is 0 Å². The van der Waals surface area contributed by atoms with Gasteiger partial charge in [0.1, 0.15) is 12.2 Å². The van der Waals surface area contributed by atoms with Crippen LogP contribution in [-0.4, -0.2) is 57.4 Å². The van der Waals surface area contributed by atoms with E-state index in [1.807, 2.05) is 19.9 Å². The van der Waals surface area contributed by atoms with Crippen molar-refractivity contribution in [3.8, 4) is 0 Å². The molecule has 0 spiro atoms. The topological polar surface area (TPSA) is 96.6 Å². The Hall–Kier alpha value is -1.44. The summed E-state index contributed by atoms with van der Waals surface area (Å²) >= 11 is 0. The maximum absolute atomic E-state index is 11.9. The van der Waals surface area contributed by atoms with Gasteiger partial charge < -0.3 is 20.3 Å². The molecule has 2 heterocycles. The summed E-state index contributed by atoms with van der Waals surface area (Å²) in [6.07, 6.45) is -1.67. The molecule has 3 atom stereocenters. The van der Waals surface area contributed by atoms with Gasteiger partial charge in [-0.05, 0) is 19.9 Å². The number of carbonyl (C=O) groups is 1. The van der Waals surface area contributed by atoms with Crippen LogP contribution in [0.1, 0.15) is 17.8 Å². The van der Waals surface area contributed by atoms with Crippen molar-refractivity contribution in [2.75, 3.05) is 13.2 Å². The predicted molar refractivity (Wildman–Crippen MR) is 71.1 cm³/mol. The Kier molecular flexibility index (Phi) is 4.74. The molecule has 2 rings (SSSR count). The van der Waals surface area contributed by atoms with Gasteiger partial charge >= 0.3 is 0 Å². The van der Waals surface area contributed by atoms with E-state index in [2.05, 4.69) is 10.4 Å². The minimum atomic E-state index is -0.985. The average molecular weight is 283 g/mol. The number of rotatable bonds is 4. The molecular weight excluding hydrogens is 262 g/mol. The van der Waals surface area contributed by atoms with Crippen molar-refractivity contribution in [2.45, 2.75) is 45.1 Å². The van der Waals surface area contributed by atoms with Gasteiger partial charge in [-0.25, -0.2) is 0 Å². The number of aryl methyl sites for hydroxylation is 3. The molecule has 112 valence electrons. The lowest BCUT2D eigenvalue weighted by Crippen LogP contribution is -2.55. The third kappa shape index (κ3) is 3.56. The second-order valence-corrected chi connectivity index (χ2v) is 5.17. The predicted octanol–water partition coefficient (Wildman–Crippen LogP) is -0.873. The first-order valence-electron chi connectivity index (χ1n) is 6.71. The van der Waals surface area contributed by atoms with Gasteiger partial charge in [0.05, 0.1) is 24.9 Å². The van der Waals surface area contributed by atoms with Crippen LogP contribution in [-0.2, 0) is 16.1 Å². The minimum Gasteiger partial charge on any atom is -0.388 e. The number of aromatic nitrogens is 2. The number of aliphatic hydroxyl groups is 2. The monoisotopic (exact) mass is 283 g/mol. The maximum atomic E-state index is 11.9. The van der Waals surface area contributed by atoms with Crippen molar-refractivity contribution >= 4 is 5.91 Å². The zero-order valence-electron chi connectivity index (χ0n) is 11.7. The lowest BCUT2D eigenvalue weighted by Gasteiger charge is -2.32. The van der Waals surface area contributed by atoms with Gasteiger partial charge in [0.25, 0.3) is 0 Å². The first-order valence-corrected chi connectivity index (χ1v) is 6.71. The molecule has 1 aromatic rings. The molecule has 20 heavy (non-hydrogen) atoms. The van der Waals surface area contributed by atoms with Gasteiger partial charge in [0.15, 0.2) is 0 Å². The minimum absolute atomic E-state index is 0.0965. The molecule has 3 N–H and O–H groups in total. The van der Waals surface area contributed by atoms with E-state index in [0.29, 0.717) is 6.54 Å². The summed E-state index contributed by atoms with van der Waals surface area (Å²) in [4.78, 5) is 11.9. The lowest BCUT2D eigenvalue weighted by molar-refractivity contribution is -0.131. The largest absolute Gasteiger partial charge is 0.388 e. The van der Waals surface area contributed by atoms with E-state index >= 15 is 0 Å². The van der Waals surface area contributed by atoms with Gasteiger partial charge in [-0.3, -0.25) is 9.48 Å². The lowest BCUT2D eigenvalue weighted by atomic mass is 10.0. The first kappa shape index (κ1) is 15.0. The van der Waals surface area contributed by atoms with E-state index in [-0.39, 0.29) is 25.5 Å². The number of hydrogen-bond acceptors (Lipinski definition) is 5. The standard InChI is InChI=1S/C13H21N3O4/c1-8-5-9(2)16(15-8)4-3-12(18)14-10-6-20-7-11(17)13(10)19/h5,10-11,13,17,19H,3-4,6-7H2,1-2H3,(H,14,18)/t10-,11-,13+/m1/s1. The Morgan fingerprint density at radius 2 is 2.25 bits per heavy atom. The SMILES string of the molecule is Cc1cc(C)n(CCC(=O)N[C@@H]2COC[C@@H](O)[C@H]2O)n1. The Morgan fingerprint density at radius 3 is 2.90 bits per heavy atom. The molecule has 1 amide bonds. The molecule has 0 bridgehead atoms. The average Bonchev–Trinajstić information content (AvgIpc) is 2.71. The summed E-state index contributed by atoms with van der Waals surface area (Å²) in [5, 5.41) is 26.2. The van der Waals surface area contributed by atoms with Crippen molar-refractivity contribution in [3.05, 3.63) is 17.5 Å². The summed E-state index contributed by atoms with van der Waals surface area (Å²) in [7, 11) is 0. The smallest absolute Gasteiger partial charge is 0.222 e. The second-order valence-electron chi connectivity index (χ2n) is 5.17. The van der Waals surface area contributed by atoms with Gasteiger partial charge in [0.2, 0.25) is 5.91 Å². The van der Waals surface area contributed by atoms with E-state index < -0.39 is 18.2 Å². The number of hydrogen-bond donors (Lipinski definition) is 3. The molecule has 1 aliphatic heterocycles. The Bertz CT molecular complexity index is 474. The molecule has 7 nitrogen and oxygen atoms in total. The maximum Gasteiger partial charge on any atom is 0.222 e. The Morgan fingerprint density at radius 1 is 1.50 bits per heavy atom. The number of carbonyl (C=O) groups excluding carboxylic acids is 1. The normalized spacial score (nSPS) is 26.5. The van der Waals surface area contributed by atoms with Crippen LogP contribution >= 0.6 is 0 Å². The van der Waals surface area contributed by atoms with Gasteiger partial charge in [-0.1, -0.05) is 0 Å². The summed E-state index contributed by atoms with van der Waals surface area (Å²) in [6.45, 7) is 4.63. The van der Waals surface area contributed by atoms with Gasteiger partial charge in [-0.2, -0.15) is 5.10 Å². The Balaban J connectivity index is 1.82. The first-order chi connectivity index (χ1) is 9.47.